The molecule has 0 aliphatic carbocycles. The molecule has 0 heterocycles. The maximum atomic E-state index is 9.98. The molecular formula is C10H11NO2. The number of nitrogens with zero attached hydrogens (tertiary/aromatic N) is 1. The van der Waals surface area contributed by atoms with Crippen molar-refractivity contribution in [2.45, 2.75) is 19.4 Å². The number of carbonyl (C=O) groups excluding carboxylic acids is 1. The summed E-state index contributed by atoms with van der Waals surface area (Å²) in [7, 11) is 0. The van der Waals surface area contributed by atoms with Crippen LogP contribution in [0.25, 0.3) is 0 Å². The molecule has 0 unspecified atom stereocenters. The number of hydrogen-bond donors (Lipinski definition) is 1. The molecule has 0 amide bonds. The first-order chi connectivity index (χ1) is 6.04. The third-order valence-electron chi connectivity index (χ3n) is 1.73. The van der Waals surface area contributed by atoms with Crippen molar-refractivity contribution < 1.29 is 9.90 Å². The van der Waals surface area contributed by atoms with E-state index in [9.17, 15) is 9.90 Å². The second-order valence-electron chi connectivity index (χ2n) is 3.31. The van der Waals surface area contributed by atoms with E-state index in [1.165, 1.54) is 6.08 Å². The molecule has 1 aromatic rings. The highest BCUT2D eigenvalue weighted by molar-refractivity contribution is 5.50. The van der Waals surface area contributed by atoms with Crippen LogP contribution in [0.2, 0.25) is 0 Å². The molecule has 1 aromatic carbocycles. The maximum absolute atomic E-state index is 9.98. The molecule has 68 valence electrons. The first kappa shape index (κ1) is 9.65. The van der Waals surface area contributed by atoms with Crippen molar-refractivity contribution in [1.29, 1.82) is 0 Å². The van der Waals surface area contributed by atoms with Gasteiger partial charge in [0.1, 0.15) is 0 Å². The van der Waals surface area contributed by atoms with Gasteiger partial charge >= 0.3 is 0 Å². The Balaban J connectivity index is 3.12. The lowest BCUT2D eigenvalue weighted by Gasteiger charge is -2.17. The zero-order valence-corrected chi connectivity index (χ0v) is 7.61. The molecule has 0 aliphatic heterocycles. The predicted octanol–water partition coefficient (Wildman–Crippen LogP) is 1.88. The number of benzene rings is 1. The Morgan fingerprint density at radius 1 is 1.46 bits per heavy atom. The Bertz CT molecular complexity index is 346. The van der Waals surface area contributed by atoms with Crippen LogP contribution >= 0.6 is 0 Å². The van der Waals surface area contributed by atoms with Gasteiger partial charge < -0.3 is 5.11 Å². The third-order valence-corrected chi connectivity index (χ3v) is 1.73. The topological polar surface area (TPSA) is 49.7 Å². The maximum Gasteiger partial charge on any atom is 0.240 e. The molecule has 3 nitrogen and oxygen atoms in total. The van der Waals surface area contributed by atoms with E-state index < -0.39 is 5.60 Å². The second-order valence-corrected chi connectivity index (χ2v) is 3.31. The fourth-order valence-corrected chi connectivity index (χ4v) is 1.01. The Morgan fingerprint density at radius 3 is 2.69 bits per heavy atom. The van der Waals surface area contributed by atoms with Gasteiger partial charge in [0, 0.05) is 0 Å². The molecule has 0 spiro atoms. The minimum Gasteiger partial charge on any atom is -0.386 e. The predicted molar refractivity (Wildman–Crippen MR) is 49.5 cm³/mol. The van der Waals surface area contributed by atoms with Gasteiger partial charge in [0.15, 0.2) is 0 Å². The van der Waals surface area contributed by atoms with Gasteiger partial charge in [0.25, 0.3) is 0 Å². The van der Waals surface area contributed by atoms with Crippen molar-refractivity contribution in [1.82, 2.24) is 0 Å². The molecule has 0 aliphatic rings. The summed E-state index contributed by atoms with van der Waals surface area (Å²) in [5.74, 6) is 0. The van der Waals surface area contributed by atoms with Crippen LogP contribution in [-0.2, 0) is 10.4 Å². The molecule has 0 saturated carbocycles. The Labute approximate surface area is 76.7 Å². The van der Waals surface area contributed by atoms with Crippen molar-refractivity contribution >= 4 is 11.8 Å². The standard InChI is InChI=1S/C10H11NO2/c1-10(2,13)8-4-3-5-9(6-8)11-7-12/h3-6,13H,1-2H3. The first-order valence-corrected chi connectivity index (χ1v) is 3.95. The largest absolute Gasteiger partial charge is 0.386 e. The van der Waals surface area contributed by atoms with Gasteiger partial charge in [-0.2, -0.15) is 4.99 Å². The SMILES string of the molecule is CC(C)(O)c1cccc(N=C=O)c1. The van der Waals surface area contributed by atoms with E-state index in [-0.39, 0.29) is 0 Å². The zero-order valence-electron chi connectivity index (χ0n) is 7.61. The number of rotatable bonds is 2. The molecule has 0 saturated heterocycles. The van der Waals surface area contributed by atoms with Crippen molar-refractivity contribution in [3.63, 3.8) is 0 Å². The van der Waals surface area contributed by atoms with Crippen LogP contribution < -0.4 is 0 Å². The van der Waals surface area contributed by atoms with Gasteiger partial charge in [-0.1, -0.05) is 12.1 Å². The van der Waals surface area contributed by atoms with Gasteiger partial charge in [-0.3, -0.25) is 0 Å². The summed E-state index contributed by atoms with van der Waals surface area (Å²) in [6.07, 6.45) is 1.46. The summed E-state index contributed by atoms with van der Waals surface area (Å²) in [6, 6.07) is 6.86. The first-order valence-electron chi connectivity index (χ1n) is 3.95. The van der Waals surface area contributed by atoms with E-state index in [1.807, 2.05) is 0 Å². The van der Waals surface area contributed by atoms with Crippen molar-refractivity contribution in [2.75, 3.05) is 0 Å². The number of hydrogen-bond acceptors (Lipinski definition) is 3. The lowest BCUT2D eigenvalue weighted by atomic mass is 9.98. The van der Waals surface area contributed by atoms with Gasteiger partial charge in [0.05, 0.1) is 11.3 Å². The molecule has 0 fully saturated rings. The second kappa shape index (κ2) is 3.52. The molecule has 13 heavy (non-hydrogen) atoms. The molecule has 1 N–H and O–H groups in total. The van der Waals surface area contributed by atoms with Crippen molar-refractivity contribution in [2.24, 2.45) is 4.99 Å². The summed E-state index contributed by atoms with van der Waals surface area (Å²) >= 11 is 0. The highest BCUT2D eigenvalue weighted by Gasteiger charge is 2.15. The van der Waals surface area contributed by atoms with Crippen LogP contribution in [0.1, 0.15) is 19.4 Å². The normalized spacial score (nSPS) is 10.7. The van der Waals surface area contributed by atoms with Gasteiger partial charge in [-0.25, -0.2) is 4.79 Å². The minimum absolute atomic E-state index is 0.509. The quantitative estimate of drug-likeness (QED) is 0.554. The van der Waals surface area contributed by atoms with E-state index in [2.05, 4.69) is 4.99 Å². The van der Waals surface area contributed by atoms with Crippen LogP contribution in [-0.4, -0.2) is 11.2 Å². The number of isocyanates is 1. The molecule has 0 radical (unpaired) electrons. The molecule has 0 bridgehead atoms. The van der Waals surface area contributed by atoms with E-state index in [4.69, 9.17) is 0 Å². The summed E-state index contributed by atoms with van der Waals surface area (Å²) in [5, 5.41) is 9.64. The van der Waals surface area contributed by atoms with Crippen molar-refractivity contribution in [3.8, 4) is 0 Å². The zero-order chi connectivity index (χ0) is 9.90. The third kappa shape index (κ3) is 2.51. The summed E-state index contributed by atoms with van der Waals surface area (Å²) < 4.78 is 0. The summed E-state index contributed by atoms with van der Waals surface area (Å²) in [4.78, 5) is 13.4. The highest BCUT2D eigenvalue weighted by atomic mass is 16.3. The van der Waals surface area contributed by atoms with E-state index in [1.54, 1.807) is 38.1 Å². The fourth-order valence-electron chi connectivity index (χ4n) is 1.01. The molecular weight excluding hydrogens is 166 g/mol. The molecule has 0 atom stereocenters. The fraction of sp³-hybridized carbons (Fsp3) is 0.300. The Hall–Kier alpha value is -1.44. The smallest absolute Gasteiger partial charge is 0.240 e. The average Bonchev–Trinajstić information content (AvgIpc) is 2.04. The summed E-state index contributed by atoms with van der Waals surface area (Å²) in [6.45, 7) is 3.35. The molecule has 3 heteroatoms. The van der Waals surface area contributed by atoms with Crippen LogP contribution in [0.4, 0.5) is 5.69 Å². The lowest BCUT2D eigenvalue weighted by molar-refractivity contribution is 0.0786. The van der Waals surface area contributed by atoms with E-state index in [0.717, 1.165) is 5.56 Å². The number of aliphatic hydroxyl groups is 1. The van der Waals surface area contributed by atoms with E-state index >= 15 is 0 Å². The van der Waals surface area contributed by atoms with Crippen molar-refractivity contribution in [3.05, 3.63) is 29.8 Å². The average molecular weight is 177 g/mol. The van der Waals surface area contributed by atoms with E-state index in [0.29, 0.717) is 5.69 Å². The highest BCUT2D eigenvalue weighted by Crippen LogP contribution is 2.23. The minimum atomic E-state index is -0.908. The van der Waals surface area contributed by atoms with Gasteiger partial charge in [0.2, 0.25) is 6.08 Å². The monoisotopic (exact) mass is 177 g/mol. The van der Waals surface area contributed by atoms with Gasteiger partial charge in [-0.05, 0) is 31.5 Å². The van der Waals surface area contributed by atoms with Crippen LogP contribution in [0.15, 0.2) is 29.3 Å². The van der Waals surface area contributed by atoms with Crippen LogP contribution in [0, 0.1) is 0 Å². The summed E-state index contributed by atoms with van der Waals surface area (Å²) in [5.41, 5.74) is 0.327. The number of aliphatic imine (C=N–C) groups is 1. The lowest BCUT2D eigenvalue weighted by Crippen LogP contribution is -2.14. The van der Waals surface area contributed by atoms with Gasteiger partial charge in [-0.15, -0.1) is 0 Å². The Morgan fingerprint density at radius 2 is 2.15 bits per heavy atom. The molecule has 1 rings (SSSR count). The van der Waals surface area contributed by atoms with Crippen LogP contribution in [0.3, 0.4) is 0 Å². The molecule has 0 aromatic heterocycles. The van der Waals surface area contributed by atoms with Crippen LogP contribution in [0.5, 0.6) is 0 Å². The Kier molecular flexibility index (Phi) is 2.61.